The van der Waals surface area contributed by atoms with Gasteiger partial charge in [-0.25, -0.2) is 0 Å². The Morgan fingerprint density at radius 1 is 1.55 bits per heavy atom. The van der Waals surface area contributed by atoms with E-state index in [-0.39, 0.29) is 29.9 Å². The Bertz CT molecular complexity index is 534. The lowest BCUT2D eigenvalue weighted by atomic mass is 10.0. The molecule has 0 spiro atoms. The monoisotopic (exact) mass is 322 g/mol. The Morgan fingerprint density at radius 3 is 3.18 bits per heavy atom. The summed E-state index contributed by atoms with van der Waals surface area (Å²) in [6.45, 7) is 1.95. The van der Waals surface area contributed by atoms with E-state index in [0.717, 1.165) is 17.8 Å². The maximum Gasteiger partial charge on any atom is 0.237 e. The summed E-state index contributed by atoms with van der Waals surface area (Å²) < 4.78 is 0. The normalized spacial score (nSPS) is 28.2. The van der Waals surface area contributed by atoms with Gasteiger partial charge in [0.25, 0.3) is 0 Å². The lowest BCUT2D eigenvalue weighted by Gasteiger charge is -2.37. The van der Waals surface area contributed by atoms with E-state index in [2.05, 4.69) is 15.5 Å². The molecule has 4 N–H and O–H groups in total. The second-order valence-electron chi connectivity index (χ2n) is 6.00. The van der Waals surface area contributed by atoms with Gasteiger partial charge in [-0.2, -0.15) is 0 Å². The summed E-state index contributed by atoms with van der Waals surface area (Å²) in [5.41, 5.74) is 5.98. The molecule has 3 heterocycles. The summed E-state index contributed by atoms with van der Waals surface area (Å²) in [6.07, 6.45) is 1.94. The minimum atomic E-state index is -0.108. The SMILES string of the molecule is N[C@H]1C[C@H]2C(=O)NC[C@@H](CCC(=O)NCc3cccs3)N2C1. The third-order valence-corrected chi connectivity index (χ3v) is 5.28. The molecule has 0 radical (unpaired) electrons. The van der Waals surface area contributed by atoms with Crippen molar-refractivity contribution in [2.75, 3.05) is 13.1 Å². The van der Waals surface area contributed by atoms with E-state index in [1.54, 1.807) is 11.3 Å². The Labute approximate surface area is 134 Å². The van der Waals surface area contributed by atoms with Crippen LogP contribution < -0.4 is 16.4 Å². The third-order valence-electron chi connectivity index (χ3n) is 4.40. The first-order chi connectivity index (χ1) is 10.6. The standard InChI is InChI=1S/C15H22N4O2S/c16-10-6-13-15(21)18-7-11(19(13)9-10)3-4-14(20)17-8-12-2-1-5-22-12/h1-2,5,10-11,13H,3-4,6-9,16H2,(H,17,20)(H,18,21)/t10-,11+,13-/m0/s1. The largest absolute Gasteiger partial charge is 0.353 e. The van der Waals surface area contributed by atoms with Crippen molar-refractivity contribution in [1.29, 1.82) is 0 Å². The van der Waals surface area contributed by atoms with Crippen molar-refractivity contribution in [2.45, 2.75) is 43.9 Å². The van der Waals surface area contributed by atoms with E-state index in [9.17, 15) is 9.59 Å². The van der Waals surface area contributed by atoms with Crippen LogP contribution in [0.3, 0.4) is 0 Å². The fraction of sp³-hybridized carbons (Fsp3) is 0.600. The molecule has 2 aliphatic rings. The van der Waals surface area contributed by atoms with Gasteiger partial charge in [0.1, 0.15) is 0 Å². The predicted octanol–water partition coefficient (Wildman–Crippen LogP) is 0.0445. The number of hydrogen-bond donors (Lipinski definition) is 3. The van der Waals surface area contributed by atoms with Crippen molar-refractivity contribution < 1.29 is 9.59 Å². The van der Waals surface area contributed by atoms with Crippen molar-refractivity contribution in [3.63, 3.8) is 0 Å². The molecule has 1 aromatic rings. The number of nitrogens with two attached hydrogens (primary N) is 1. The van der Waals surface area contributed by atoms with Gasteiger partial charge in [-0.05, 0) is 24.3 Å². The molecule has 22 heavy (non-hydrogen) atoms. The first kappa shape index (κ1) is 15.5. The first-order valence-electron chi connectivity index (χ1n) is 7.71. The van der Waals surface area contributed by atoms with Gasteiger partial charge in [0.15, 0.2) is 0 Å². The molecule has 3 atom stereocenters. The number of piperazine rings is 1. The lowest BCUT2D eigenvalue weighted by molar-refractivity contribution is -0.129. The van der Waals surface area contributed by atoms with Gasteiger partial charge >= 0.3 is 0 Å². The van der Waals surface area contributed by atoms with E-state index >= 15 is 0 Å². The Balaban J connectivity index is 1.46. The zero-order valence-corrected chi connectivity index (χ0v) is 13.3. The molecule has 2 amide bonds. The number of thiophene rings is 1. The average molecular weight is 322 g/mol. The van der Waals surface area contributed by atoms with E-state index in [0.29, 0.717) is 25.9 Å². The van der Waals surface area contributed by atoms with E-state index in [1.807, 2.05) is 17.5 Å². The van der Waals surface area contributed by atoms with Gasteiger partial charge in [-0.1, -0.05) is 6.07 Å². The van der Waals surface area contributed by atoms with Gasteiger partial charge in [-0.15, -0.1) is 11.3 Å². The number of hydrogen-bond acceptors (Lipinski definition) is 5. The highest BCUT2D eigenvalue weighted by Crippen LogP contribution is 2.24. The number of carbonyl (C=O) groups excluding carboxylic acids is 2. The molecule has 2 aliphatic heterocycles. The Morgan fingerprint density at radius 2 is 2.41 bits per heavy atom. The molecular formula is C15H22N4O2S. The molecule has 0 aromatic carbocycles. The highest BCUT2D eigenvalue weighted by atomic mass is 32.1. The summed E-state index contributed by atoms with van der Waals surface area (Å²) in [4.78, 5) is 27.2. The van der Waals surface area contributed by atoms with Crippen LogP contribution in [0.15, 0.2) is 17.5 Å². The predicted molar refractivity (Wildman–Crippen MR) is 85.3 cm³/mol. The molecule has 6 nitrogen and oxygen atoms in total. The molecule has 2 fully saturated rings. The van der Waals surface area contributed by atoms with Crippen LogP contribution in [-0.4, -0.2) is 47.9 Å². The molecule has 1 aromatic heterocycles. The number of nitrogens with zero attached hydrogens (tertiary/aromatic N) is 1. The van der Waals surface area contributed by atoms with Gasteiger partial charge < -0.3 is 16.4 Å². The van der Waals surface area contributed by atoms with E-state index in [1.165, 1.54) is 0 Å². The number of carbonyl (C=O) groups is 2. The summed E-state index contributed by atoms with van der Waals surface area (Å²) in [7, 11) is 0. The molecule has 0 unspecified atom stereocenters. The molecule has 7 heteroatoms. The van der Waals surface area contributed by atoms with Gasteiger partial charge in [-0.3, -0.25) is 14.5 Å². The first-order valence-corrected chi connectivity index (χ1v) is 8.59. The van der Waals surface area contributed by atoms with Crippen molar-refractivity contribution in [3.05, 3.63) is 22.4 Å². The summed E-state index contributed by atoms with van der Waals surface area (Å²) in [5, 5.41) is 7.88. The molecular weight excluding hydrogens is 300 g/mol. The van der Waals surface area contributed by atoms with Crippen LogP contribution in [0.2, 0.25) is 0 Å². The van der Waals surface area contributed by atoms with E-state index < -0.39 is 0 Å². The molecule has 2 saturated heterocycles. The van der Waals surface area contributed by atoms with E-state index in [4.69, 9.17) is 5.73 Å². The number of fused-ring (bicyclic) bond motifs is 1. The van der Waals surface area contributed by atoms with Crippen molar-refractivity contribution >= 4 is 23.2 Å². The van der Waals surface area contributed by atoms with Crippen LogP contribution in [0.1, 0.15) is 24.1 Å². The second-order valence-corrected chi connectivity index (χ2v) is 7.03. The Hall–Kier alpha value is -1.44. The zero-order chi connectivity index (χ0) is 15.5. The average Bonchev–Trinajstić information content (AvgIpc) is 3.13. The van der Waals surface area contributed by atoms with Crippen LogP contribution in [0.5, 0.6) is 0 Å². The minimum Gasteiger partial charge on any atom is -0.353 e. The molecule has 0 saturated carbocycles. The zero-order valence-electron chi connectivity index (χ0n) is 12.5. The number of amides is 2. The topological polar surface area (TPSA) is 87.5 Å². The lowest BCUT2D eigenvalue weighted by Crippen LogP contribution is -2.58. The van der Waals surface area contributed by atoms with Crippen LogP contribution in [0.4, 0.5) is 0 Å². The smallest absolute Gasteiger partial charge is 0.237 e. The fourth-order valence-electron chi connectivity index (χ4n) is 3.26. The third kappa shape index (κ3) is 3.48. The molecule has 3 rings (SSSR count). The van der Waals surface area contributed by atoms with Crippen LogP contribution >= 0.6 is 11.3 Å². The minimum absolute atomic E-state index is 0.0593. The maximum atomic E-state index is 12.0. The quantitative estimate of drug-likeness (QED) is 0.714. The number of rotatable bonds is 5. The summed E-state index contributed by atoms with van der Waals surface area (Å²) in [6, 6.07) is 4.15. The maximum absolute atomic E-state index is 12.0. The van der Waals surface area contributed by atoms with Gasteiger partial charge in [0.05, 0.1) is 12.6 Å². The van der Waals surface area contributed by atoms with Crippen LogP contribution in [-0.2, 0) is 16.1 Å². The van der Waals surface area contributed by atoms with Crippen LogP contribution in [0.25, 0.3) is 0 Å². The highest BCUT2D eigenvalue weighted by molar-refractivity contribution is 7.09. The molecule has 0 bridgehead atoms. The van der Waals surface area contributed by atoms with Crippen LogP contribution in [0, 0.1) is 0 Å². The summed E-state index contributed by atoms with van der Waals surface area (Å²) >= 11 is 1.64. The van der Waals surface area contributed by atoms with Gasteiger partial charge in [0.2, 0.25) is 11.8 Å². The molecule has 120 valence electrons. The van der Waals surface area contributed by atoms with Gasteiger partial charge in [0, 0.05) is 36.5 Å². The second kappa shape index (κ2) is 6.76. The van der Waals surface area contributed by atoms with Crippen molar-refractivity contribution in [2.24, 2.45) is 5.73 Å². The number of nitrogens with one attached hydrogen (secondary N) is 2. The van der Waals surface area contributed by atoms with Crippen molar-refractivity contribution in [1.82, 2.24) is 15.5 Å². The molecule has 0 aliphatic carbocycles. The highest BCUT2D eigenvalue weighted by Gasteiger charge is 2.42. The fourth-order valence-corrected chi connectivity index (χ4v) is 3.91. The summed E-state index contributed by atoms with van der Waals surface area (Å²) in [5.74, 6) is 0.136. The van der Waals surface area contributed by atoms with Crippen molar-refractivity contribution in [3.8, 4) is 0 Å². The Kier molecular flexibility index (Phi) is 4.75.